The molecule has 0 fully saturated rings. The molecule has 1 amide bonds. The summed E-state index contributed by atoms with van der Waals surface area (Å²) in [4.78, 5) is 24.2. The Kier molecular flexibility index (Phi) is 4.87. The molecule has 0 radical (unpaired) electrons. The summed E-state index contributed by atoms with van der Waals surface area (Å²) in [6.07, 6.45) is 0.612. The van der Waals surface area contributed by atoms with Crippen LogP contribution in [0.3, 0.4) is 0 Å². The van der Waals surface area contributed by atoms with Gasteiger partial charge in [0.1, 0.15) is 6.61 Å². The van der Waals surface area contributed by atoms with Crippen LogP contribution in [-0.4, -0.2) is 43.8 Å². The van der Waals surface area contributed by atoms with Crippen LogP contribution < -0.4 is 4.90 Å². The van der Waals surface area contributed by atoms with Crippen LogP contribution >= 0.6 is 0 Å². The van der Waals surface area contributed by atoms with E-state index in [9.17, 15) is 14.9 Å². The third-order valence-electron chi connectivity index (χ3n) is 3.42. The molecule has 1 aliphatic rings. The van der Waals surface area contributed by atoms with Crippen molar-refractivity contribution in [3.05, 3.63) is 33.9 Å². The number of nitro groups is 1. The molecule has 0 bridgehead atoms. The monoisotopic (exact) mass is 294 g/mol. The van der Waals surface area contributed by atoms with Gasteiger partial charge in [-0.2, -0.15) is 0 Å². The summed E-state index contributed by atoms with van der Waals surface area (Å²) in [7, 11) is 1.57. The SMILES string of the molecule is COCCOCC(=O)N1c2ccc([N+](=O)[O-])cc2CC1C. The highest BCUT2D eigenvalue weighted by Gasteiger charge is 2.31. The van der Waals surface area contributed by atoms with Gasteiger partial charge in [0, 0.05) is 31.0 Å². The summed E-state index contributed by atoms with van der Waals surface area (Å²) in [6, 6.07) is 4.55. The topological polar surface area (TPSA) is 81.9 Å². The third kappa shape index (κ3) is 3.37. The summed E-state index contributed by atoms with van der Waals surface area (Å²) in [5, 5.41) is 10.8. The van der Waals surface area contributed by atoms with Gasteiger partial charge < -0.3 is 14.4 Å². The lowest BCUT2D eigenvalue weighted by molar-refractivity contribution is -0.384. The lowest BCUT2D eigenvalue weighted by Gasteiger charge is -2.22. The van der Waals surface area contributed by atoms with Gasteiger partial charge in [-0.25, -0.2) is 0 Å². The number of rotatable bonds is 6. The number of amides is 1. The van der Waals surface area contributed by atoms with Crippen molar-refractivity contribution in [3.63, 3.8) is 0 Å². The fourth-order valence-corrected chi connectivity index (χ4v) is 2.48. The number of nitro benzene ring substituents is 1. The standard InChI is InChI=1S/C14H18N2O5/c1-10-7-11-8-12(16(18)19)3-4-13(11)15(10)14(17)9-21-6-5-20-2/h3-4,8,10H,5-7,9H2,1-2H3. The molecule has 21 heavy (non-hydrogen) atoms. The van der Waals surface area contributed by atoms with Crippen molar-refractivity contribution < 1.29 is 19.2 Å². The Balaban J connectivity index is 2.09. The molecule has 1 unspecified atom stereocenters. The Bertz CT molecular complexity index is 546. The summed E-state index contributed by atoms with van der Waals surface area (Å²) in [5.74, 6) is -0.147. The zero-order chi connectivity index (χ0) is 15.4. The minimum Gasteiger partial charge on any atom is -0.382 e. The zero-order valence-corrected chi connectivity index (χ0v) is 12.1. The number of non-ortho nitro benzene ring substituents is 1. The molecule has 0 spiro atoms. The van der Waals surface area contributed by atoms with E-state index in [1.165, 1.54) is 12.1 Å². The summed E-state index contributed by atoms with van der Waals surface area (Å²) in [5.41, 5.74) is 1.60. The molecule has 0 aromatic heterocycles. The molecule has 1 heterocycles. The maximum atomic E-state index is 12.2. The Morgan fingerprint density at radius 1 is 1.48 bits per heavy atom. The Morgan fingerprint density at radius 2 is 2.24 bits per heavy atom. The van der Waals surface area contributed by atoms with Gasteiger partial charge in [0.05, 0.1) is 18.1 Å². The van der Waals surface area contributed by atoms with Crippen LogP contribution in [0.5, 0.6) is 0 Å². The van der Waals surface area contributed by atoms with Crippen molar-refractivity contribution >= 4 is 17.3 Å². The summed E-state index contributed by atoms with van der Waals surface area (Å²) >= 11 is 0. The van der Waals surface area contributed by atoms with Crippen molar-refractivity contribution in [3.8, 4) is 0 Å². The lowest BCUT2D eigenvalue weighted by atomic mass is 10.1. The first-order chi connectivity index (χ1) is 10.0. The smallest absolute Gasteiger partial charge is 0.269 e. The normalized spacial score (nSPS) is 16.9. The van der Waals surface area contributed by atoms with Gasteiger partial charge >= 0.3 is 0 Å². The molecule has 7 nitrogen and oxygen atoms in total. The number of hydrogen-bond donors (Lipinski definition) is 0. The molecule has 1 aromatic rings. The fraction of sp³-hybridized carbons (Fsp3) is 0.500. The first-order valence-corrected chi connectivity index (χ1v) is 6.70. The average Bonchev–Trinajstić information content (AvgIpc) is 2.78. The van der Waals surface area contributed by atoms with E-state index < -0.39 is 4.92 Å². The van der Waals surface area contributed by atoms with E-state index in [2.05, 4.69) is 0 Å². The minimum absolute atomic E-state index is 0.0237. The molecule has 0 saturated heterocycles. The van der Waals surface area contributed by atoms with E-state index in [0.717, 1.165) is 11.3 Å². The van der Waals surface area contributed by atoms with Crippen LogP contribution in [0.1, 0.15) is 12.5 Å². The fourth-order valence-electron chi connectivity index (χ4n) is 2.48. The Labute approximate surface area is 122 Å². The summed E-state index contributed by atoms with van der Waals surface area (Å²) in [6.45, 7) is 2.69. The highest BCUT2D eigenvalue weighted by atomic mass is 16.6. The Morgan fingerprint density at radius 3 is 2.90 bits per heavy atom. The predicted molar refractivity (Wildman–Crippen MR) is 76.4 cm³/mol. The maximum Gasteiger partial charge on any atom is 0.269 e. The van der Waals surface area contributed by atoms with Crippen molar-refractivity contribution in [1.29, 1.82) is 0 Å². The van der Waals surface area contributed by atoms with Gasteiger partial charge in [-0.3, -0.25) is 14.9 Å². The molecule has 0 N–H and O–H groups in total. The minimum atomic E-state index is -0.427. The highest BCUT2D eigenvalue weighted by Crippen LogP contribution is 2.34. The quantitative estimate of drug-likeness (QED) is 0.451. The number of nitrogens with zero attached hydrogens (tertiary/aromatic N) is 2. The number of benzene rings is 1. The highest BCUT2D eigenvalue weighted by molar-refractivity contribution is 5.97. The van der Waals surface area contributed by atoms with E-state index >= 15 is 0 Å². The number of fused-ring (bicyclic) bond motifs is 1. The van der Waals surface area contributed by atoms with Crippen LogP contribution in [0.15, 0.2) is 18.2 Å². The molecular weight excluding hydrogens is 276 g/mol. The molecular formula is C14H18N2O5. The van der Waals surface area contributed by atoms with Gasteiger partial charge in [-0.05, 0) is 25.0 Å². The van der Waals surface area contributed by atoms with Gasteiger partial charge in [0.25, 0.3) is 11.6 Å². The van der Waals surface area contributed by atoms with Crippen LogP contribution in [-0.2, 0) is 20.7 Å². The van der Waals surface area contributed by atoms with Gasteiger partial charge in [0.15, 0.2) is 0 Å². The summed E-state index contributed by atoms with van der Waals surface area (Å²) < 4.78 is 10.1. The van der Waals surface area contributed by atoms with Crippen LogP contribution in [0.2, 0.25) is 0 Å². The van der Waals surface area contributed by atoms with E-state index in [0.29, 0.717) is 19.6 Å². The third-order valence-corrected chi connectivity index (χ3v) is 3.42. The second-order valence-corrected chi connectivity index (χ2v) is 4.93. The van der Waals surface area contributed by atoms with Crippen molar-refractivity contribution in [2.75, 3.05) is 31.8 Å². The van der Waals surface area contributed by atoms with Crippen LogP contribution in [0, 0.1) is 10.1 Å². The largest absolute Gasteiger partial charge is 0.382 e. The van der Waals surface area contributed by atoms with E-state index in [1.807, 2.05) is 6.92 Å². The Hall–Kier alpha value is -1.99. The zero-order valence-electron chi connectivity index (χ0n) is 12.1. The molecule has 7 heteroatoms. The molecule has 0 saturated carbocycles. The molecule has 1 atom stereocenters. The van der Waals surface area contributed by atoms with E-state index in [-0.39, 0.29) is 24.2 Å². The number of hydrogen-bond acceptors (Lipinski definition) is 5. The van der Waals surface area contributed by atoms with Gasteiger partial charge in [-0.15, -0.1) is 0 Å². The first-order valence-electron chi connectivity index (χ1n) is 6.70. The van der Waals surface area contributed by atoms with Crippen molar-refractivity contribution in [2.24, 2.45) is 0 Å². The van der Waals surface area contributed by atoms with Crippen LogP contribution in [0.25, 0.3) is 0 Å². The first kappa shape index (κ1) is 15.4. The van der Waals surface area contributed by atoms with Crippen LogP contribution in [0.4, 0.5) is 11.4 Å². The van der Waals surface area contributed by atoms with Crippen molar-refractivity contribution in [1.82, 2.24) is 0 Å². The second-order valence-electron chi connectivity index (χ2n) is 4.93. The molecule has 1 aliphatic heterocycles. The number of ether oxygens (including phenoxy) is 2. The number of methoxy groups -OCH3 is 1. The molecule has 2 rings (SSSR count). The predicted octanol–water partition coefficient (Wildman–Crippen LogP) is 1.54. The molecule has 1 aromatic carbocycles. The number of anilines is 1. The van der Waals surface area contributed by atoms with E-state index in [1.54, 1.807) is 18.1 Å². The van der Waals surface area contributed by atoms with Gasteiger partial charge in [-0.1, -0.05) is 0 Å². The molecule has 114 valence electrons. The van der Waals surface area contributed by atoms with Crippen molar-refractivity contribution in [2.45, 2.75) is 19.4 Å². The maximum absolute atomic E-state index is 12.2. The number of carbonyl (C=O) groups is 1. The average molecular weight is 294 g/mol. The lowest BCUT2D eigenvalue weighted by Crippen LogP contribution is -2.38. The number of carbonyl (C=O) groups excluding carboxylic acids is 1. The van der Waals surface area contributed by atoms with Gasteiger partial charge in [0.2, 0.25) is 0 Å². The second kappa shape index (κ2) is 6.64. The molecule has 0 aliphatic carbocycles. The van der Waals surface area contributed by atoms with E-state index in [4.69, 9.17) is 9.47 Å².